The number of hydrogen-bond acceptors (Lipinski definition) is 3. The van der Waals surface area contributed by atoms with E-state index < -0.39 is 10.0 Å². The minimum Gasteiger partial charge on any atom is -0.316 e. The van der Waals surface area contributed by atoms with Gasteiger partial charge in [-0.05, 0) is 57.0 Å². The van der Waals surface area contributed by atoms with Crippen LogP contribution in [0.3, 0.4) is 0 Å². The first-order valence-corrected chi connectivity index (χ1v) is 9.21. The van der Waals surface area contributed by atoms with E-state index in [0.717, 1.165) is 32.4 Å². The highest BCUT2D eigenvalue weighted by molar-refractivity contribution is 7.89. The lowest BCUT2D eigenvalue weighted by molar-refractivity contribution is 0.156. The molecule has 4 atom stereocenters. The van der Waals surface area contributed by atoms with Gasteiger partial charge < -0.3 is 5.32 Å². The van der Waals surface area contributed by atoms with Crippen molar-refractivity contribution in [1.82, 2.24) is 9.62 Å². The molecule has 0 aromatic carbocycles. The van der Waals surface area contributed by atoms with Crippen LogP contribution < -0.4 is 5.32 Å². The van der Waals surface area contributed by atoms with Crippen molar-refractivity contribution >= 4 is 10.0 Å². The lowest BCUT2D eigenvalue weighted by atomic mass is 9.88. The first kappa shape index (κ1) is 15.3. The van der Waals surface area contributed by atoms with Gasteiger partial charge in [0.15, 0.2) is 0 Å². The molecule has 0 aromatic heterocycles. The van der Waals surface area contributed by atoms with E-state index in [4.69, 9.17) is 0 Å². The Balaban J connectivity index is 2.04. The van der Waals surface area contributed by atoms with E-state index in [1.54, 1.807) is 4.31 Å². The molecule has 0 radical (unpaired) electrons. The lowest BCUT2D eigenvalue weighted by Gasteiger charge is -2.40. The Morgan fingerprint density at radius 3 is 2.63 bits per heavy atom. The second-order valence-electron chi connectivity index (χ2n) is 6.62. The summed E-state index contributed by atoms with van der Waals surface area (Å²) in [6.07, 6.45) is 3.28. The summed E-state index contributed by atoms with van der Waals surface area (Å²) in [7, 11) is -3.10. The van der Waals surface area contributed by atoms with Gasteiger partial charge in [-0.15, -0.1) is 0 Å². The molecule has 2 heterocycles. The summed E-state index contributed by atoms with van der Waals surface area (Å²) >= 11 is 0. The molecule has 2 aliphatic heterocycles. The molecule has 19 heavy (non-hydrogen) atoms. The average molecular weight is 288 g/mol. The van der Waals surface area contributed by atoms with E-state index in [1.165, 1.54) is 0 Å². The standard InChI is InChI=1S/C14H28N2O2S/c1-11-7-12(2)13(3)16(9-11)19(17,18)10-14-5-4-6-15-8-14/h11-15H,4-10H2,1-3H3. The van der Waals surface area contributed by atoms with E-state index in [0.29, 0.717) is 30.1 Å². The zero-order chi connectivity index (χ0) is 14.0. The van der Waals surface area contributed by atoms with Gasteiger partial charge in [0.05, 0.1) is 5.75 Å². The molecule has 2 rings (SSSR count). The van der Waals surface area contributed by atoms with Crippen LogP contribution in [0.15, 0.2) is 0 Å². The largest absolute Gasteiger partial charge is 0.316 e. The van der Waals surface area contributed by atoms with Crippen LogP contribution in [0.25, 0.3) is 0 Å². The van der Waals surface area contributed by atoms with E-state index in [1.807, 2.05) is 0 Å². The van der Waals surface area contributed by atoms with Crippen LogP contribution in [-0.4, -0.2) is 44.2 Å². The highest BCUT2D eigenvalue weighted by Crippen LogP contribution is 2.30. The van der Waals surface area contributed by atoms with Crippen LogP contribution in [0.1, 0.15) is 40.0 Å². The SMILES string of the molecule is CC1CC(C)C(C)N(S(=O)(=O)CC2CCCNC2)C1. The number of hydrogen-bond donors (Lipinski definition) is 1. The first-order chi connectivity index (χ1) is 8.90. The molecule has 0 spiro atoms. The summed E-state index contributed by atoms with van der Waals surface area (Å²) in [4.78, 5) is 0. The number of sulfonamides is 1. The Bertz CT molecular complexity index is 390. The number of nitrogens with one attached hydrogen (secondary N) is 1. The Kier molecular flexibility index (Phi) is 4.90. The van der Waals surface area contributed by atoms with Crippen LogP contribution >= 0.6 is 0 Å². The molecule has 2 fully saturated rings. The Morgan fingerprint density at radius 1 is 1.26 bits per heavy atom. The van der Waals surface area contributed by atoms with Gasteiger partial charge in [-0.2, -0.15) is 4.31 Å². The normalized spacial score (nSPS) is 38.3. The molecule has 2 saturated heterocycles. The van der Waals surface area contributed by atoms with Crippen molar-refractivity contribution in [3.05, 3.63) is 0 Å². The topological polar surface area (TPSA) is 49.4 Å². The third-order valence-electron chi connectivity index (χ3n) is 4.75. The molecule has 4 unspecified atom stereocenters. The van der Waals surface area contributed by atoms with E-state index >= 15 is 0 Å². The van der Waals surface area contributed by atoms with E-state index in [2.05, 4.69) is 26.1 Å². The van der Waals surface area contributed by atoms with Gasteiger partial charge in [-0.1, -0.05) is 13.8 Å². The molecule has 0 saturated carbocycles. The van der Waals surface area contributed by atoms with Gasteiger partial charge in [0.2, 0.25) is 10.0 Å². The molecule has 0 aromatic rings. The summed E-state index contributed by atoms with van der Waals surface area (Å²) in [5.41, 5.74) is 0. The Morgan fingerprint density at radius 2 is 2.00 bits per heavy atom. The van der Waals surface area contributed by atoms with Crippen molar-refractivity contribution in [2.75, 3.05) is 25.4 Å². The molecular weight excluding hydrogens is 260 g/mol. The maximum Gasteiger partial charge on any atom is 0.214 e. The molecule has 112 valence electrons. The fourth-order valence-corrected chi connectivity index (χ4v) is 5.76. The fraction of sp³-hybridized carbons (Fsp3) is 1.00. The minimum atomic E-state index is -3.10. The molecule has 2 aliphatic rings. The summed E-state index contributed by atoms with van der Waals surface area (Å²) in [6, 6.07) is 0.151. The maximum absolute atomic E-state index is 12.7. The van der Waals surface area contributed by atoms with Gasteiger partial charge in [0.25, 0.3) is 0 Å². The van der Waals surface area contributed by atoms with Crippen molar-refractivity contribution in [3.63, 3.8) is 0 Å². The number of piperidine rings is 2. The third kappa shape index (κ3) is 3.70. The highest BCUT2D eigenvalue weighted by Gasteiger charge is 2.37. The zero-order valence-electron chi connectivity index (χ0n) is 12.4. The predicted octanol–water partition coefficient (Wildman–Crippen LogP) is 1.68. The fourth-order valence-electron chi connectivity index (χ4n) is 3.49. The summed E-state index contributed by atoms with van der Waals surface area (Å²) in [6.45, 7) is 8.98. The quantitative estimate of drug-likeness (QED) is 0.859. The molecule has 0 aliphatic carbocycles. The summed E-state index contributed by atoms with van der Waals surface area (Å²) < 4.78 is 27.1. The minimum absolute atomic E-state index is 0.151. The van der Waals surface area contributed by atoms with Crippen LogP contribution in [0.5, 0.6) is 0 Å². The van der Waals surface area contributed by atoms with Gasteiger partial charge >= 0.3 is 0 Å². The van der Waals surface area contributed by atoms with Crippen LogP contribution in [0.2, 0.25) is 0 Å². The number of nitrogens with zero attached hydrogens (tertiary/aromatic N) is 1. The van der Waals surface area contributed by atoms with Crippen LogP contribution in [-0.2, 0) is 10.0 Å². The van der Waals surface area contributed by atoms with Crippen LogP contribution in [0, 0.1) is 17.8 Å². The first-order valence-electron chi connectivity index (χ1n) is 7.60. The summed E-state index contributed by atoms with van der Waals surface area (Å²) in [5.74, 6) is 1.55. The van der Waals surface area contributed by atoms with Gasteiger partial charge in [-0.3, -0.25) is 0 Å². The zero-order valence-corrected chi connectivity index (χ0v) is 13.2. The predicted molar refractivity (Wildman–Crippen MR) is 78.5 cm³/mol. The second kappa shape index (κ2) is 6.10. The van der Waals surface area contributed by atoms with Crippen molar-refractivity contribution in [2.45, 2.75) is 46.1 Å². The highest BCUT2D eigenvalue weighted by atomic mass is 32.2. The van der Waals surface area contributed by atoms with Crippen LogP contribution in [0.4, 0.5) is 0 Å². The monoisotopic (exact) mass is 288 g/mol. The molecule has 0 amide bonds. The second-order valence-corrected chi connectivity index (χ2v) is 8.59. The van der Waals surface area contributed by atoms with E-state index in [9.17, 15) is 8.42 Å². The van der Waals surface area contributed by atoms with Crippen molar-refractivity contribution in [1.29, 1.82) is 0 Å². The molecule has 5 heteroatoms. The molecule has 0 bridgehead atoms. The van der Waals surface area contributed by atoms with Gasteiger partial charge in [-0.25, -0.2) is 8.42 Å². The third-order valence-corrected chi connectivity index (χ3v) is 6.83. The smallest absolute Gasteiger partial charge is 0.214 e. The van der Waals surface area contributed by atoms with E-state index in [-0.39, 0.29) is 6.04 Å². The molecular formula is C14H28N2O2S. The molecule has 1 N–H and O–H groups in total. The van der Waals surface area contributed by atoms with Crippen molar-refractivity contribution in [3.8, 4) is 0 Å². The molecule has 4 nitrogen and oxygen atoms in total. The van der Waals surface area contributed by atoms with Gasteiger partial charge in [0.1, 0.15) is 0 Å². The average Bonchev–Trinajstić information content (AvgIpc) is 2.34. The Labute approximate surface area is 118 Å². The van der Waals surface area contributed by atoms with Crippen molar-refractivity contribution in [2.24, 2.45) is 17.8 Å². The maximum atomic E-state index is 12.7. The number of rotatable bonds is 3. The lowest BCUT2D eigenvalue weighted by Crippen LogP contribution is -2.50. The summed E-state index contributed by atoms with van der Waals surface area (Å²) in [5, 5.41) is 3.31. The Hall–Kier alpha value is -0.130. The van der Waals surface area contributed by atoms with Gasteiger partial charge in [0, 0.05) is 12.6 Å². The van der Waals surface area contributed by atoms with Crippen molar-refractivity contribution < 1.29 is 8.42 Å².